The van der Waals surface area contributed by atoms with Crippen molar-refractivity contribution in [2.24, 2.45) is 11.7 Å². The zero-order valence-electron chi connectivity index (χ0n) is 15.0. The zero-order chi connectivity index (χ0) is 17.2. The molecule has 1 saturated heterocycles. The summed E-state index contributed by atoms with van der Waals surface area (Å²) < 4.78 is 2.43. The van der Waals surface area contributed by atoms with E-state index in [0.29, 0.717) is 17.5 Å². The third kappa shape index (κ3) is 3.32. The first-order chi connectivity index (χ1) is 12.2. The lowest BCUT2D eigenvalue weighted by Gasteiger charge is -2.38. The molecule has 2 unspecified atom stereocenters. The highest BCUT2D eigenvalue weighted by atomic mass is 16.1. The average Bonchev–Trinajstić information content (AvgIpc) is 3.07. The van der Waals surface area contributed by atoms with Crippen LogP contribution >= 0.6 is 0 Å². The molecule has 4 rings (SSSR count). The fraction of sp³-hybridized carbons (Fsp3) is 0.571. The molecule has 0 bridgehead atoms. The van der Waals surface area contributed by atoms with Crippen LogP contribution in [0, 0.1) is 5.92 Å². The normalized spacial score (nSPS) is 25.3. The van der Waals surface area contributed by atoms with Gasteiger partial charge in [0.15, 0.2) is 0 Å². The van der Waals surface area contributed by atoms with Crippen LogP contribution in [0.2, 0.25) is 0 Å². The molecule has 2 heterocycles. The van der Waals surface area contributed by atoms with Crippen LogP contribution in [-0.4, -0.2) is 35.0 Å². The minimum Gasteiger partial charge on any atom is -0.366 e. The van der Waals surface area contributed by atoms with Crippen molar-refractivity contribution in [2.45, 2.75) is 51.0 Å². The molecule has 134 valence electrons. The molecule has 4 nitrogen and oxygen atoms in total. The number of hydrogen-bond acceptors (Lipinski definition) is 2. The summed E-state index contributed by atoms with van der Waals surface area (Å²) in [7, 11) is 0. The number of amides is 1. The number of carbonyl (C=O) groups is 1. The van der Waals surface area contributed by atoms with Crippen molar-refractivity contribution in [1.82, 2.24) is 9.47 Å². The molecule has 1 amide bonds. The largest absolute Gasteiger partial charge is 0.366 e. The Morgan fingerprint density at radius 3 is 2.64 bits per heavy atom. The molecule has 4 heteroatoms. The first-order valence-corrected chi connectivity index (χ1v) is 9.86. The Hall–Kier alpha value is -1.81. The van der Waals surface area contributed by atoms with Gasteiger partial charge in [0, 0.05) is 35.2 Å². The molecule has 1 aliphatic carbocycles. The fourth-order valence-electron chi connectivity index (χ4n) is 4.93. The van der Waals surface area contributed by atoms with Gasteiger partial charge in [-0.2, -0.15) is 0 Å². The molecular formula is C21H29N3O. The van der Waals surface area contributed by atoms with E-state index >= 15 is 0 Å². The fourth-order valence-corrected chi connectivity index (χ4v) is 4.93. The number of nitrogens with two attached hydrogens (primary N) is 1. The van der Waals surface area contributed by atoms with Crippen molar-refractivity contribution in [1.29, 1.82) is 0 Å². The third-order valence-electron chi connectivity index (χ3n) is 6.20. The van der Waals surface area contributed by atoms with Gasteiger partial charge in [-0.15, -0.1) is 0 Å². The number of benzene rings is 1. The van der Waals surface area contributed by atoms with Crippen LogP contribution in [0.15, 0.2) is 30.5 Å². The number of primary amides is 1. The number of piperidine rings is 1. The van der Waals surface area contributed by atoms with Gasteiger partial charge in [-0.3, -0.25) is 4.79 Å². The smallest absolute Gasteiger partial charge is 0.249 e. The van der Waals surface area contributed by atoms with Gasteiger partial charge in [0.25, 0.3) is 0 Å². The Morgan fingerprint density at radius 1 is 1.04 bits per heavy atom. The second-order valence-corrected chi connectivity index (χ2v) is 7.80. The van der Waals surface area contributed by atoms with E-state index in [4.69, 9.17) is 5.73 Å². The van der Waals surface area contributed by atoms with Crippen molar-refractivity contribution in [3.8, 4) is 0 Å². The highest BCUT2D eigenvalue weighted by Gasteiger charge is 2.29. The van der Waals surface area contributed by atoms with Crippen molar-refractivity contribution in [2.75, 3.05) is 19.6 Å². The van der Waals surface area contributed by atoms with E-state index < -0.39 is 0 Å². The number of likely N-dealkylation sites (tertiary alicyclic amines) is 1. The minimum atomic E-state index is -0.336. The molecule has 1 aromatic heterocycles. The predicted octanol–water partition coefficient (Wildman–Crippen LogP) is 3.96. The number of fused-ring (bicyclic) bond motifs is 1. The molecular weight excluding hydrogens is 310 g/mol. The topological polar surface area (TPSA) is 51.3 Å². The summed E-state index contributed by atoms with van der Waals surface area (Å²) in [5.41, 5.74) is 7.36. The van der Waals surface area contributed by atoms with E-state index in [-0.39, 0.29) is 5.91 Å². The highest BCUT2D eigenvalue weighted by Crippen LogP contribution is 2.37. The van der Waals surface area contributed by atoms with Crippen LogP contribution in [0.3, 0.4) is 0 Å². The lowest BCUT2D eigenvalue weighted by molar-refractivity contribution is 0.100. The van der Waals surface area contributed by atoms with Crippen molar-refractivity contribution >= 4 is 16.8 Å². The number of nitrogens with zero attached hydrogens (tertiary/aromatic N) is 2. The van der Waals surface area contributed by atoms with E-state index in [0.717, 1.165) is 10.9 Å². The molecule has 0 spiro atoms. The van der Waals surface area contributed by atoms with Gasteiger partial charge in [0.1, 0.15) is 0 Å². The van der Waals surface area contributed by atoms with Gasteiger partial charge in [0.05, 0.1) is 0 Å². The summed E-state index contributed by atoms with van der Waals surface area (Å²) in [5.74, 6) is 0.372. The van der Waals surface area contributed by atoms with Gasteiger partial charge in [-0.05, 0) is 62.9 Å². The molecule has 2 fully saturated rings. The van der Waals surface area contributed by atoms with Crippen molar-refractivity contribution in [3.05, 3.63) is 36.0 Å². The first kappa shape index (κ1) is 16.6. The van der Waals surface area contributed by atoms with Crippen LogP contribution < -0.4 is 5.73 Å². The van der Waals surface area contributed by atoms with E-state index in [1.54, 1.807) is 0 Å². The summed E-state index contributed by atoms with van der Waals surface area (Å²) in [6.07, 6.45) is 11.5. The third-order valence-corrected chi connectivity index (χ3v) is 6.20. The Balaban J connectivity index is 1.63. The molecule has 1 saturated carbocycles. The summed E-state index contributed by atoms with van der Waals surface area (Å²) >= 11 is 0. The van der Waals surface area contributed by atoms with E-state index in [1.807, 2.05) is 12.1 Å². The first-order valence-electron chi connectivity index (χ1n) is 9.86. The van der Waals surface area contributed by atoms with E-state index in [1.165, 1.54) is 64.6 Å². The molecule has 2 aromatic rings. The summed E-state index contributed by atoms with van der Waals surface area (Å²) in [5, 5.41) is 0.997. The monoisotopic (exact) mass is 339 g/mol. The van der Waals surface area contributed by atoms with Gasteiger partial charge in [-0.25, -0.2) is 0 Å². The van der Waals surface area contributed by atoms with Crippen molar-refractivity contribution < 1.29 is 4.79 Å². The van der Waals surface area contributed by atoms with Gasteiger partial charge >= 0.3 is 0 Å². The molecule has 2 N–H and O–H groups in total. The predicted molar refractivity (Wildman–Crippen MR) is 102 cm³/mol. The second-order valence-electron chi connectivity index (χ2n) is 7.80. The maximum Gasteiger partial charge on any atom is 0.249 e. The van der Waals surface area contributed by atoms with Crippen LogP contribution in [0.5, 0.6) is 0 Å². The average molecular weight is 339 g/mol. The molecule has 1 aliphatic heterocycles. The maximum absolute atomic E-state index is 11.7. The van der Waals surface area contributed by atoms with E-state index in [9.17, 15) is 4.79 Å². The van der Waals surface area contributed by atoms with Crippen LogP contribution in [0.4, 0.5) is 0 Å². The van der Waals surface area contributed by atoms with Gasteiger partial charge in [0.2, 0.25) is 5.91 Å². The standard InChI is InChI=1S/C21H29N3O/c22-21(25)18-8-6-10-20-17(18)11-14-24(20)19-9-3-2-7-16(19)15-23-12-4-1-5-13-23/h6,8,10-11,14,16,19H,1-5,7,9,12-13,15H2,(H2,22,25). The summed E-state index contributed by atoms with van der Waals surface area (Å²) in [6, 6.07) is 8.54. The van der Waals surface area contributed by atoms with Crippen LogP contribution in [0.1, 0.15) is 61.3 Å². The molecule has 2 aliphatic rings. The van der Waals surface area contributed by atoms with Crippen LogP contribution in [0.25, 0.3) is 10.9 Å². The summed E-state index contributed by atoms with van der Waals surface area (Å²) in [4.78, 5) is 14.4. The van der Waals surface area contributed by atoms with Gasteiger partial charge in [-0.1, -0.05) is 25.3 Å². The van der Waals surface area contributed by atoms with Crippen LogP contribution in [-0.2, 0) is 0 Å². The SMILES string of the molecule is NC(=O)c1cccc2c1ccn2C1CCCCC1CN1CCCCC1. The lowest BCUT2D eigenvalue weighted by atomic mass is 9.83. The Morgan fingerprint density at radius 2 is 1.84 bits per heavy atom. The zero-order valence-corrected chi connectivity index (χ0v) is 15.0. The molecule has 1 aromatic carbocycles. The molecule has 2 atom stereocenters. The number of aromatic nitrogens is 1. The Kier molecular flexibility index (Phi) is 4.80. The number of rotatable bonds is 4. The molecule has 25 heavy (non-hydrogen) atoms. The summed E-state index contributed by atoms with van der Waals surface area (Å²) in [6.45, 7) is 3.75. The maximum atomic E-state index is 11.7. The Labute approximate surface area is 150 Å². The Bertz CT molecular complexity index is 745. The van der Waals surface area contributed by atoms with Crippen molar-refractivity contribution in [3.63, 3.8) is 0 Å². The minimum absolute atomic E-state index is 0.336. The highest BCUT2D eigenvalue weighted by molar-refractivity contribution is 6.05. The van der Waals surface area contributed by atoms with E-state index in [2.05, 4.69) is 27.8 Å². The lowest BCUT2D eigenvalue weighted by Crippen LogP contribution is -2.38. The number of hydrogen-bond donors (Lipinski definition) is 1. The number of carbonyl (C=O) groups excluding carboxylic acids is 1. The van der Waals surface area contributed by atoms with Gasteiger partial charge < -0.3 is 15.2 Å². The second kappa shape index (κ2) is 7.20. The quantitative estimate of drug-likeness (QED) is 0.917. The molecule has 0 radical (unpaired) electrons.